The summed E-state index contributed by atoms with van der Waals surface area (Å²) in [6, 6.07) is -0.335. The number of hydrogen-bond acceptors (Lipinski definition) is 4. The Kier molecular flexibility index (Phi) is 4.21. The Morgan fingerprint density at radius 1 is 1.25 bits per heavy atom. The number of amides is 2. The molecule has 3 aliphatic rings. The Labute approximate surface area is 119 Å². The molecule has 3 fully saturated rings. The highest BCUT2D eigenvalue weighted by molar-refractivity contribution is 5.89. The lowest BCUT2D eigenvalue weighted by Gasteiger charge is -2.34. The largest absolute Gasteiger partial charge is 0.378 e. The summed E-state index contributed by atoms with van der Waals surface area (Å²) in [4.78, 5) is 28.3. The fourth-order valence-electron chi connectivity index (χ4n) is 2.86. The van der Waals surface area contributed by atoms with Crippen molar-refractivity contribution < 1.29 is 14.3 Å². The first-order chi connectivity index (χ1) is 9.74. The molecule has 1 N–H and O–H groups in total. The highest BCUT2D eigenvalue weighted by Crippen LogP contribution is 2.30. The molecule has 0 aromatic rings. The number of ether oxygens (including phenoxy) is 1. The van der Waals surface area contributed by atoms with Crippen LogP contribution in [0.25, 0.3) is 0 Å². The van der Waals surface area contributed by atoms with Crippen LogP contribution in [-0.2, 0) is 14.3 Å². The first-order valence-corrected chi connectivity index (χ1v) is 7.62. The topological polar surface area (TPSA) is 61.9 Å². The Bertz CT molecular complexity index is 378. The molecule has 6 heteroatoms. The number of nitrogens with one attached hydrogen (secondary N) is 1. The molecule has 2 heterocycles. The van der Waals surface area contributed by atoms with E-state index in [0.29, 0.717) is 32.2 Å². The second-order valence-corrected chi connectivity index (χ2v) is 5.93. The average Bonchev–Trinajstić information content (AvgIpc) is 3.28. The standard InChI is InChI=1S/C14H23N3O3/c18-13(16-5-7-20-8-6-16)9-12-14(19)17(4-3-15-12)10-11-1-2-11/h11-12,15H,1-10H2. The fourth-order valence-corrected chi connectivity index (χ4v) is 2.86. The molecule has 1 atom stereocenters. The van der Waals surface area contributed by atoms with Crippen LogP contribution >= 0.6 is 0 Å². The van der Waals surface area contributed by atoms with Crippen molar-refractivity contribution in [1.82, 2.24) is 15.1 Å². The van der Waals surface area contributed by atoms with Gasteiger partial charge in [-0.05, 0) is 18.8 Å². The van der Waals surface area contributed by atoms with Crippen molar-refractivity contribution in [1.29, 1.82) is 0 Å². The molecule has 20 heavy (non-hydrogen) atoms. The van der Waals surface area contributed by atoms with Gasteiger partial charge in [-0.15, -0.1) is 0 Å². The van der Waals surface area contributed by atoms with Gasteiger partial charge in [0, 0.05) is 32.7 Å². The van der Waals surface area contributed by atoms with E-state index in [9.17, 15) is 9.59 Å². The van der Waals surface area contributed by atoms with Crippen LogP contribution in [0.3, 0.4) is 0 Å². The van der Waals surface area contributed by atoms with Gasteiger partial charge in [0.25, 0.3) is 0 Å². The van der Waals surface area contributed by atoms with Gasteiger partial charge in [0.2, 0.25) is 11.8 Å². The Balaban J connectivity index is 1.52. The van der Waals surface area contributed by atoms with Gasteiger partial charge in [-0.2, -0.15) is 0 Å². The second-order valence-electron chi connectivity index (χ2n) is 5.93. The zero-order valence-corrected chi connectivity index (χ0v) is 11.8. The van der Waals surface area contributed by atoms with E-state index in [1.165, 1.54) is 12.8 Å². The second kappa shape index (κ2) is 6.10. The SMILES string of the molecule is O=C(CC1NCCN(CC2CC2)C1=O)N1CCOCC1. The van der Waals surface area contributed by atoms with Gasteiger partial charge in [0.1, 0.15) is 0 Å². The number of piperazine rings is 1. The molecular formula is C14H23N3O3. The number of nitrogens with zero attached hydrogens (tertiary/aromatic N) is 2. The summed E-state index contributed by atoms with van der Waals surface area (Å²) in [6.07, 6.45) is 2.77. The summed E-state index contributed by atoms with van der Waals surface area (Å²) in [5, 5.41) is 3.19. The minimum atomic E-state index is -0.335. The van der Waals surface area contributed by atoms with Gasteiger partial charge in [-0.3, -0.25) is 9.59 Å². The first kappa shape index (κ1) is 13.8. The predicted molar refractivity (Wildman–Crippen MR) is 73.1 cm³/mol. The van der Waals surface area contributed by atoms with Crippen molar-refractivity contribution in [2.24, 2.45) is 5.92 Å². The molecule has 0 radical (unpaired) electrons. The zero-order chi connectivity index (χ0) is 13.9. The zero-order valence-electron chi connectivity index (χ0n) is 11.8. The monoisotopic (exact) mass is 281 g/mol. The molecular weight excluding hydrogens is 258 g/mol. The predicted octanol–water partition coefficient (Wildman–Crippen LogP) is -0.554. The highest BCUT2D eigenvalue weighted by atomic mass is 16.5. The quantitative estimate of drug-likeness (QED) is 0.751. The van der Waals surface area contributed by atoms with E-state index >= 15 is 0 Å². The summed E-state index contributed by atoms with van der Waals surface area (Å²) in [5.74, 6) is 0.866. The highest BCUT2D eigenvalue weighted by Gasteiger charge is 2.34. The van der Waals surface area contributed by atoms with Crippen LogP contribution in [0, 0.1) is 5.92 Å². The third-order valence-corrected chi connectivity index (χ3v) is 4.30. The third-order valence-electron chi connectivity index (χ3n) is 4.30. The number of rotatable bonds is 4. The number of carbonyl (C=O) groups excluding carboxylic acids is 2. The van der Waals surface area contributed by atoms with Crippen molar-refractivity contribution in [3.63, 3.8) is 0 Å². The van der Waals surface area contributed by atoms with Crippen molar-refractivity contribution in [3.05, 3.63) is 0 Å². The molecule has 6 nitrogen and oxygen atoms in total. The number of morpholine rings is 1. The van der Waals surface area contributed by atoms with E-state index in [-0.39, 0.29) is 24.3 Å². The summed E-state index contributed by atoms with van der Waals surface area (Å²) in [6.45, 7) is 4.94. The van der Waals surface area contributed by atoms with Gasteiger partial charge < -0.3 is 19.9 Å². The van der Waals surface area contributed by atoms with E-state index in [4.69, 9.17) is 4.74 Å². The van der Waals surface area contributed by atoms with E-state index < -0.39 is 0 Å². The number of carbonyl (C=O) groups is 2. The molecule has 0 aromatic carbocycles. The third kappa shape index (κ3) is 3.30. The lowest BCUT2D eigenvalue weighted by atomic mass is 10.1. The van der Waals surface area contributed by atoms with Crippen LogP contribution in [0.5, 0.6) is 0 Å². The lowest BCUT2D eigenvalue weighted by Crippen LogP contribution is -2.57. The Morgan fingerprint density at radius 3 is 2.70 bits per heavy atom. The van der Waals surface area contributed by atoms with Crippen molar-refractivity contribution in [2.75, 3.05) is 45.9 Å². The fraction of sp³-hybridized carbons (Fsp3) is 0.857. The first-order valence-electron chi connectivity index (χ1n) is 7.62. The van der Waals surface area contributed by atoms with E-state index in [1.54, 1.807) is 4.90 Å². The van der Waals surface area contributed by atoms with Crippen LogP contribution in [0.1, 0.15) is 19.3 Å². The van der Waals surface area contributed by atoms with Crippen LogP contribution in [0.4, 0.5) is 0 Å². The molecule has 1 aliphatic carbocycles. The van der Waals surface area contributed by atoms with Crippen LogP contribution in [0.15, 0.2) is 0 Å². The van der Waals surface area contributed by atoms with E-state index in [2.05, 4.69) is 5.32 Å². The van der Waals surface area contributed by atoms with Crippen molar-refractivity contribution in [3.8, 4) is 0 Å². The maximum Gasteiger partial charge on any atom is 0.240 e. The Hall–Kier alpha value is -1.14. The van der Waals surface area contributed by atoms with Gasteiger partial charge in [0.15, 0.2) is 0 Å². The molecule has 1 saturated carbocycles. The molecule has 2 amide bonds. The molecule has 1 unspecified atom stereocenters. The van der Waals surface area contributed by atoms with Crippen LogP contribution < -0.4 is 5.32 Å². The van der Waals surface area contributed by atoms with Gasteiger partial charge in [-0.25, -0.2) is 0 Å². The van der Waals surface area contributed by atoms with Gasteiger partial charge in [0.05, 0.1) is 25.7 Å². The summed E-state index contributed by atoms with van der Waals surface area (Å²) in [5.41, 5.74) is 0. The van der Waals surface area contributed by atoms with Crippen molar-refractivity contribution >= 4 is 11.8 Å². The minimum absolute atomic E-state index is 0.0624. The van der Waals surface area contributed by atoms with Crippen LogP contribution in [-0.4, -0.2) is 73.6 Å². The lowest BCUT2D eigenvalue weighted by molar-refractivity contribution is -0.142. The number of hydrogen-bond donors (Lipinski definition) is 1. The normalized spacial score (nSPS) is 27.8. The van der Waals surface area contributed by atoms with Gasteiger partial charge >= 0.3 is 0 Å². The van der Waals surface area contributed by atoms with Crippen molar-refractivity contribution in [2.45, 2.75) is 25.3 Å². The summed E-state index contributed by atoms with van der Waals surface area (Å²) >= 11 is 0. The smallest absolute Gasteiger partial charge is 0.240 e. The molecule has 0 bridgehead atoms. The van der Waals surface area contributed by atoms with Gasteiger partial charge in [-0.1, -0.05) is 0 Å². The maximum atomic E-state index is 12.4. The summed E-state index contributed by atoms with van der Waals surface area (Å²) in [7, 11) is 0. The summed E-state index contributed by atoms with van der Waals surface area (Å²) < 4.78 is 5.24. The molecule has 112 valence electrons. The molecule has 2 aliphatic heterocycles. The Morgan fingerprint density at radius 2 is 2.00 bits per heavy atom. The van der Waals surface area contributed by atoms with E-state index in [0.717, 1.165) is 19.6 Å². The minimum Gasteiger partial charge on any atom is -0.378 e. The average molecular weight is 281 g/mol. The molecule has 0 aromatic heterocycles. The maximum absolute atomic E-state index is 12.4. The van der Waals surface area contributed by atoms with E-state index in [1.807, 2.05) is 4.90 Å². The molecule has 2 saturated heterocycles. The molecule has 3 rings (SSSR count). The molecule has 0 spiro atoms. The van der Waals surface area contributed by atoms with Crippen LogP contribution in [0.2, 0.25) is 0 Å².